The van der Waals surface area contributed by atoms with Crippen molar-refractivity contribution in [3.63, 3.8) is 0 Å². The lowest BCUT2D eigenvalue weighted by Crippen LogP contribution is -2.49. The third-order valence-electron chi connectivity index (χ3n) is 3.80. The summed E-state index contributed by atoms with van der Waals surface area (Å²) in [6.07, 6.45) is 0. The fraction of sp³-hybridized carbons (Fsp3) is 0.0500. The monoisotopic (exact) mass is 395 g/mol. The van der Waals surface area contributed by atoms with Crippen LogP contribution < -0.4 is 16.2 Å². The van der Waals surface area contributed by atoms with E-state index in [1.54, 1.807) is 17.5 Å². The summed E-state index contributed by atoms with van der Waals surface area (Å²) in [6.45, 7) is 0. The molecule has 0 spiro atoms. The van der Waals surface area contributed by atoms with E-state index in [1.165, 1.54) is 11.3 Å². The van der Waals surface area contributed by atoms with Crippen molar-refractivity contribution in [1.29, 1.82) is 0 Å². The van der Waals surface area contributed by atoms with Crippen molar-refractivity contribution in [3.05, 3.63) is 94.2 Å². The zero-order chi connectivity index (χ0) is 19.1. The molecule has 27 heavy (non-hydrogen) atoms. The van der Waals surface area contributed by atoms with Crippen LogP contribution in [0.25, 0.3) is 0 Å². The molecule has 2 aromatic carbocycles. The molecule has 5 nitrogen and oxygen atoms in total. The molecular formula is C20H17N3O2S2. The number of amides is 2. The van der Waals surface area contributed by atoms with Crippen molar-refractivity contribution >= 4 is 40.5 Å². The van der Waals surface area contributed by atoms with Crippen LogP contribution in [0.5, 0.6) is 0 Å². The maximum atomic E-state index is 12.8. The molecule has 0 unspecified atom stereocenters. The van der Waals surface area contributed by atoms with E-state index in [2.05, 4.69) is 16.2 Å². The number of thiocarbonyl (C=S) groups is 1. The van der Waals surface area contributed by atoms with Crippen molar-refractivity contribution in [3.8, 4) is 0 Å². The number of thiophene rings is 1. The van der Waals surface area contributed by atoms with Gasteiger partial charge in [0.15, 0.2) is 5.11 Å². The standard InChI is InChI=1S/C20H17N3O2S2/c24-18(16-12-7-13-27-16)21-20(26)23-22-19(25)17(14-8-3-1-4-9-14)15-10-5-2-6-11-15/h1-13,17H,(H,22,25)(H2,21,23,24,26). The highest BCUT2D eigenvalue weighted by atomic mass is 32.1. The minimum absolute atomic E-state index is 0.0293. The van der Waals surface area contributed by atoms with E-state index in [0.29, 0.717) is 4.88 Å². The second kappa shape index (κ2) is 9.07. The van der Waals surface area contributed by atoms with Gasteiger partial charge in [0, 0.05) is 0 Å². The summed E-state index contributed by atoms with van der Waals surface area (Å²) >= 11 is 6.40. The van der Waals surface area contributed by atoms with Gasteiger partial charge in [0.2, 0.25) is 5.91 Å². The highest BCUT2D eigenvalue weighted by molar-refractivity contribution is 7.80. The molecule has 0 saturated heterocycles. The van der Waals surface area contributed by atoms with E-state index in [1.807, 2.05) is 60.7 Å². The number of hydrogen-bond acceptors (Lipinski definition) is 4. The van der Waals surface area contributed by atoms with E-state index in [9.17, 15) is 9.59 Å². The number of hydrazine groups is 1. The zero-order valence-corrected chi connectivity index (χ0v) is 15.8. The topological polar surface area (TPSA) is 70.2 Å². The van der Waals surface area contributed by atoms with E-state index >= 15 is 0 Å². The van der Waals surface area contributed by atoms with Gasteiger partial charge in [-0.3, -0.25) is 25.8 Å². The first-order valence-electron chi connectivity index (χ1n) is 8.19. The summed E-state index contributed by atoms with van der Waals surface area (Å²) < 4.78 is 0. The van der Waals surface area contributed by atoms with E-state index in [-0.39, 0.29) is 16.9 Å². The van der Waals surface area contributed by atoms with Crippen LogP contribution in [0.15, 0.2) is 78.2 Å². The van der Waals surface area contributed by atoms with Crippen LogP contribution in [-0.2, 0) is 4.79 Å². The lowest BCUT2D eigenvalue weighted by molar-refractivity contribution is -0.122. The lowest BCUT2D eigenvalue weighted by atomic mass is 9.91. The molecule has 0 fully saturated rings. The van der Waals surface area contributed by atoms with E-state index < -0.39 is 5.92 Å². The van der Waals surface area contributed by atoms with Crippen molar-refractivity contribution in [2.75, 3.05) is 0 Å². The third-order valence-corrected chi connectivity index (χ3v) is 4.87. The Labute approximate surface area is 166 Å². The average molecular weight is 396 g/mol. The van der Waals surface area contributed by atoms with Crippen molar-refractivity contribution in [2.24, 2.45) is 0 Å². The molecule has 0 aliphatic heterocycles. The number of benzene rings is 2. The Morgan fingerprint density at radius 3 is 1.93 bits per heavy atom. The lowest BCUT2D eigenvalue weighted by Gasteiger charge is -2.19. The largest absolute Gasteiger partial charge is 0.297 e. The van der Waals surface area contributed by atoms with Gasteiger partial charge in [-0.05, 0) is 34.8 Å². The highest BCUT2D eigenvalue weighted by Crippen LogP contribution is 2.24. The van der Waals surface area contributed by atoms with Crippen LogP contribution in [0.1, 0.15) is 26.7 Å². The predicted molar refractivity (Wildman–Crippen MR) is 110 cm³/mol. The summed E-state index contributed by atoms with van der Waals surface area (Å²) in [5, 5.41) is 4.37. The molecule has 0 saturated carbocycles. The molecule has 2 amide bonds. The summed E-state index contributed by atoms with van der Waals surface area (Å²) in [4.78, 5) is 25.4. The van der Waals surface area contributed by atoms with Gasteiger partial charge in [-0.2, -0.15) is 0 Å². The number of rotatable bonds is 4. The molecule has 0 aliphatic rings. The molecular weight excluding hydrogens is 378 g/mol. The Kier molecular flexibility index (Phi) is 6.30. The molecule has 1 aromatic heterocycles. The fourth-order valence-electron chi connectivity index (χ4n) is 2.58. The van der Waals surface area contributed by atoms with Crippen LogP contribution in [0.2, 0.25) is 0 Å². The minimum atomic E-state index is -0.504. The Morgan fingerprint density at radius 2 is 1.41 bits per heavy atom. The maximum absolute atomic E-state index is 12.8. The first-order chi connectivity index (χ1) is 13.1. The number of carbonyl (C=O) groups excluding carboxylic acids is 2. The fourth-order valence-corrected chi connectivity index (χ4v) is 3.34. The van der Waals surface area contributed by atoms with Gasteiger partial charge in [0.1, 0.15) is 0 Å². The van der Waals surface area contributed by atoms with Crippen molar-refractivity contribution in [2.45, 2.75) is 5.92 Å². The molecule has 3 rings (SSSR count). The van der Waals surface area contributed by atoms with Gasteiger partial charge in [-0.1, -0.05) is 66.7 Å². The Hall–Kier alpha value is -3.03. The van der Waals surface area contributed by atoms with Crippen molar-refractivity contribution in [1.82, 2.24) is 16.2 Å². The minimum Gasteiger partial charge on any atom is -0.297 e. The molecule has 0 bridgehead atoms. The average Bonchev–Trinajstić information content (AvgIpc) is 3.23. The number of carbonyl (C=O) groups is 2. The zero-order valence-electron chi connectivity index (χ0n) is 14.2. The summed E-state index contributed by atoms with van der Waals surface area (Å²) in [6, 6.07) is 22.4. The maximum Gasteiger partial charge on any atom is 0.267 e. The molecule has 136 valence electrons. The van der Waals surface area contributed by atoms with Crippen molar-refractivity contribution < 1.29 is 9.59 Å². The van der Waals surface area contributed by atoms with Crippen LogP contribution in [-0.4, -0.2) is 16.9 Å². The quantitative estimate of drug-likeness (QED) is 0.469. The molecule has 3 N–H and O–H groups in total. The molecule has 3 aromatic rings. The number of nitrogens with one attached hydrogen (secondary N) is 3. The summed E-state index contributed by atoms with van der Waals surface area (Å²) in [5.41, 5.74) is 6.90. The van der Waals surface area contributed by atoms with Crippen LogP contribution in [0, 0.1) is 0 Å². The van der Waals surface area contributed by atoms with Crippen LogP contribution in [0.4, 0.5) is 0 Å². The van der Waals surface area contributed by atoms with Crippen LogP contribution >= 0.6 is 23.6 Å². The van der Waals surface area contributed by atoms with E-state index in [0.717, 1.165) is 11.1 Å². The SMILES string of the molecule is O=C(NC(=S)NNC(=O)C(c1ccccc1)c1ccccc1)c1cccs1. The third kappa shape index (κ3) is 4.99. The molecule has 0 aliphatic carbocycles. The smallest absolute Gasteiger partial charge is 0.267 e. The molecule has 0 atom stereocenters. The van der Waals surface area contributed by atoms with E-state index in [4.69, 9.17) is 12.2 Å². The Balaban J connectivity index is 1.66. The van der Waals surface area contributed by atoms with Gasteiger partial charge in [0.05, 0.1) is 10.8 Å². The molecule has 0 radical (unpaired) electrons. The molecule has 1 heterocycles. The van der Waals surface area contributed by atoms with Crippen LogP contribution in [0.3, 0.4) is 0 Å². The Bertz CT molecular complexity index is 873. The first-order valence-corrected chi connectivity index (χ1v) is 9.48. The van der Waals surface area contributed by atoms with Gasteiger partial charge in [0.25, 0.3) is 5.91 Å². The summed E-state index contributed by atoms with van der Waals surface area (Å²) in [7, 11) is 0. The Morgan fingerprint density at radius 1 is 0.815 bits per heavy atom. The summed E-state index contributed by atoms with van der Waals surface area (Å²) in [5.74, 6) is -1.10. The highest BCUT2D eigenvalue weighted by Gasteiger charge is 2.22. The van der Waals surface area contributed by atoms with Gasteiger partial charge < -0.3 is 0 Å². The normalized spacial score (nSPS) is 10.3. The predicted octanol–water partition coefficient (Wildman–Crippen LogP) is 3.22. The van der Waals surface area contributed by atoms with Gasteiger partial charge >= 0.3 is 0 Å². The van der Waals surface area contributed by atoms with Gasteiger partial charge in [-0.15, -0.1) is 11.3 Å². The second-order valence-corrected chi connectivity index (χ2v) is 6.99. The first kappa shape index (κ1) is 18.8. The van der Waals surface area contributed by atoms with Gasteiger partial charge in [-0.25, -0.2) is 0 Å². The second-order valence-electron chi connectivity index (χ2n) is 5.63. The number of hydrogen-bond donors (Lipinski definition) is 3. The molecule has 7 heteroatoms.